The van der Waals surface area contributed by atoms with Crippen LogP contribution in [-0.4, -0.2) is 57.4 Å². The first-order valence-electron chi connectivity index (χ1n) is 16.1. The fraction of sp³-hybridized carbons (Fsp3) is 0.857. The molecule has 41 heavy (non-hydrogen) atoms. The van der Waals surface area contributed by atoms with Gasteiger partial charge in [-0.1, -0.05) is 66.2 Å². The Bertz CT molecular complexity index is 1140. The summed E-state index contributed by atoms with van der Waals surface area (Å²) in [6.45, 7) is 18.9. The molecular formula is C35H56O6. The average Bonchev–Trinajstić information content (AvgIpc) is 2.88. The van der Waals surface area contributed by atoms with Gasteiger partial charge in [-0.05, 0) is 98.2 Å². The average molecular weight is 573 g/mol. The number of hydrogen-bond donors (Lipinski definition) is 4. The van der Waals surface area contributed by atoms with Crippen molar-refractivity contribution in [2.45, 2.75) is 132 Å². The Labute approximate surface area is 247 Å². The fourth-order valence-corrected chi connectivity index (χ4v) is 11.4. The molecule has 0 bridgehead atoms. The Morgan fingerprint density at radius 2 is 1.63 bits per heavy atom. The van der Waals surface area contributed by atoms with E-state index in [1.165, 1.54) is 5.57 Å². The van der Waals surface area contributed by atoms with E-state index in [0.717, 1.165) is 32.1 Å². The van der Waals surface area contributed by atoms with Crippen LogP contribution in [0.2, 0.25) is 0 Å². The van der Waals surface area contributed by atoms with Crippen molar-refractivity contribution < 1.29 is 30.0 Å². The molecule has 4 fully saturated rings. The van der Waals surface area contributed by atoms with Crippen molar-refractivity contribution >= 4 is 5.97 Å². The molecule has 5 rings (SSSR count). The van der Waals surface area contributed by atoms with E-state index in [0.29, 0.717) is 30.3 Å². The van der Waals surface area contributed by atoms with Crippen molar-refractivity contribution in [2.24, 2.45) is 50.2 Å². The van der Waals surface area contributed by atoms with E-state index in [2.05, 4.69) is 40.7 Å². The Kier molecular flexibility index (Phi) is 7.34. The molecule has 5 aliphatic carbocycles. The minimum absolute atomic E-state index is 0.0647. The monoisotopic (exact) mass is 572 g/mol. The van der Waals surface area contributed by atoms with Crippen molar-refractivity contribution in [2.75, 3.05) is 6.61 Å². The van der Waals surface area contributed by atoms with Crippen LogP contribution in [0.4, 0.5) is 0 Å². The van der Waals surface area contributed by atoms with Gasteiger partial charge in [-0.25, -0.2) is 4.79 Å². The van der Waals surface area contributed by atoms with E-state index < -0.39 is 35.1 Å². The molecular weight excluding hydrogens is 516 g/mol. The van der Waals surface area contributed by atoms with Crippen LogP contribution in [0.3, 0.4) is 0 Å². The first kappa shape index (κ1) is 31.2. The minimum Gasteiger partial charge on any atom is -0.456 e. The zero-order chi connectivity index (χ0) is 30.6. The molecule has 0 amide bonds. The van der Waals surface area contributed by atoms with Crippen molar-refractivity contribution in [1.29, 1.82) is 0 Å². The van der Waals surface area contributed by atoms with E-state index in [4.69, 9.17) is 4.74 Å². The Hall–Kier alpha value is -1.21. The second kappa shape index (κ2) is 9.64. The molecule has 6 nitrogen and oxygen atoms in total. The lowest BCUT2D eigenvalue weighted by Crippen LogP contribution is -2.72. The SMILES string of the molecule is C/C=C(/C)C(=O)O[C@H]1[C@H](O)[C@]2(CO)[C@H](O)C[C@]3(C)C(=CC[C@@H]4[C@@]5(C)CC[C@H](O)C(C)(C)[C@@H]5CC[C@]43C)[C@H]2CC1(C)C. The molecule has 4 N–H and O–H groups in total. The molecule has 0 aliphatic heterocycles. The van der Waals surface area contributed by atoms with Crippen LogP contribution >= 0.6 is 0 Å². The number of carbonyl (C=O) groups is 1. The number of hydrogen-bond acceptors (Lipinski definition) is 6. The molecule has 0 saturated heterocycles. The van der Waals surface area contributed by atoms with E-state index in [9.17, 15) is 25.2 Å². The second-order valence-corrected chi connectivity index (χ2v) is 16.6. The highest BCUT2D eigenvalue weighted by Gasteiger charge is 2.72. The van der Waals surface area contributed by atoms with E-state index in [1.54, 1.807) is 19.9 Å². The number of esters is 1. The highest BCUT2D eigenvalue weighted by molar-refractivity contribution is 5.87. The highest BCUT2D eigenvalue weighted by Crippen LogP contribution is 2.75. The summed E-state index contributed by atoms with van der Waals surface area (Å²) in [6.07, 6.45) is 6.77. The number of allylic oxidation sites excluding steroid dienone is 3. The first-order valence-corrected chi connectivity index (χ1v) is 16.1. The summed E-state index contributed by atoms with van der Waals surface area (Å²) >= 11 is 0. The molecule has 0 radical (unpaired) electrons. The molecule has 0 unspecified atom stereocenters. The molecule has 6 heteroatoms. The number of aliphatic hydroxyl groups is 4. The van der Waals surface area contributed by atoms with Gasteiger partial charge in [0, 0.05) is 11.0 Å². The molecule has 4 saturated carbocycles. The first-order chi connectivity index (χ1) is 18.9. The predicted octanol–water partition coefficient (Wildman–Crippen LogP) is 5.57. The third kappa shape index (κ3) is 3.92. The zero-order valence-corrected chi connectivity index (χ0v) is 27.0. The summed E-state index contributed by atoms with van der Waals surface area (Å²) in [4.78, 5) is 12.8. The molecule has 11 atom stereocenters. The van der Waals surface area contributed by atoms with Crippen LogP contribution < -0.4 is 0 Å². The second-order valence-electron chi connectivity index (χ2n) is 16.6. The number of rotatable bonds is 3. The molecule has 5 aliphatic rings. The lowest BCUT2D eigenvalue weighted by Gasteiger charge is -2.72. The quantitative estimate of drug-likeness (QED) is 0.200. The summed E-state index contributed by atoms with van der Waals surface area (Å²) in [5.74, 6) is 0.162. The smallest absolute Gasteiger partial charge is 0.333 e. The van der Waals surface area contributed by atoms with E-state index >= 15 is 0 Å². The Morgan fingerprint density at radius 3 is 2.24 bits per heavy atom. The van der Waals surface area contributed by atoms with Crippen molar-refractivity contribution in [1.82, 2.24) is 0 Å². The molecule has 0 aromatic rings. The number of carbonyl (C=O) groups excluding carboxylic acids is 1. The topological polar surface area (TPSA) is 107 Å². The van der Waals surface area contributed by atoms with Crippen LogP contribution in [0.5, 0.6) is 0 Å². The summed E-state index contributed by atoms with van der Waals surface area (Å²) in [7, 11) is 0. The molecule has 0 heterocycles. The van der Waals surface area contributed by atoms with Crippen LogP contribution in [-0.2, 0) is 9.53 Å². The normalized spacial score (nSPS) is 50.4. The molecule has 0 aromatic carbocycles. The van der Waals surface area contributed by atoms with Gasteiger partial charge in [0.1, 0.15) is 12.2 Å². The van der Waals surface area contributed by atoms with E-state index in [-0.39, 0.29) is 40.3 Å². The summed E-state index contributed by atoms with van der Waals surface area (Å²) in [5.41, 5.74) is -0.416. The maximum absolute atomic E-state index is 12.8. The van der Waals surface area contributed by atoms with Crippen molar-refractivity contribution in [3.8, 4) is 0 Å². The highest BCUT2D eigenvalue weighted by atomic mass is 16.6. The summed E-state index contributed by atoms with van der Waals surface area (Å²) in [5, 5.41) is 46.1. The lowest BCUT2D eigenvalue weighted by molar-refractivity contribution is -0.260. The lowest BCUT2D eigenvalue weighted by atomic mass is 9.33. The van der Waals surface area contributed by atoms with Crippen LogP contribution in [0.1, 0.15) is 107 Å². The summed E-state index contributed by atoms with van der Waals surface area (Å²) < 4.78 is 5.94. The van der Waals surface area contributed by atoms with Crippen molar-refractivity contribution in [3.63, 3.8) is 0 Å². The number of ether oxygens (including phenoxy) is 1. The molecule has 0 aromatic heterocycles. The van der Waals surface area contributed by atoms with Gasteiger partial charge in [-0.2, -0.15) is 0 Å². The van der Waals surface area contributed by atoms with Crippen LogP contribution in [0.25, 0.3) is 0 Å². The maximum Gasteiger partial charge on any atom is 0.333 e. The van der Waals surface area contributed by atoms with Gasteiger partial charge >= 0.3 is 5.97 Å². The minimum atomic E-state index is -1.20. The van der Waals surface area contributed by atoms with Crippen molar-refractivity contribution in [3.05, 3.63) is 23.3 Å². The van der Waals surface area contributed by atoms with Gasteiger partial charge in [-0.3, -0.25) is 0 Å². The van der Waals surface area contributed by atoms with Gasteiger partial charge in [-0.15, -0.1) is 0 Å². The van der Waals surface area contributed by atoms with Gasteiger partial charge in [0.15, 0.2) is 0 Å². The zero-order valence-electron chi connectivity index (χ0n) is 27.0. The number of fused-ring (bicyclic) bond motifs is 7. The van der Waals surface area contributed by atoms with Gasteiger partial charge in [0.05, 0.1) is 24.2 Å². The standard InChI is InChI=1S/C35H56O6/c1-10-20(2)29(40)41-28-27(39)35(19-36)22(17-30(28,3)4)21-11-12-24-32(7)15-14-25(37)31(5,6)23(32)13-16-33(24,8)34(21,9)18-26(35)38/h10-11,22-28,36-39H,12-19H2,1-9H3/b20-10-/t22-,23+,24-,25+,26-,27+,28+,32+,33-,34-,35+/m1/s1. The maximum atomic E-state index is 12.8. The number of aliphatic hydroxyl groups excluding tert-OH is 4. The third-order valence-corrected chi connectivity index (χ3v) is 14.3. The molecule has 232 valence electrons. The largest absolute Gasteiger partial charge is 0.456 e. The van der Waals surface area contributed by atoms with Gasteiger partial charge in [0.2, 0.25) is 0 Å². The molecule has 0 spiro atoms. The van der Waals surface area contributed by atoms with Gasteiger partial charge < -0.3 is 25.2 Å². The predicted molar refractivity (Wildman–Crippen MR) is 160 cm³/mol. The Balaban J connectivity index is 1.58. The summed E-state index contributed by atoms with van der Waals surface area (Å²) in [6, 6.07) is 0. The fourth-order valence-electron chi connectivity index (χ4n) is 11.4. The van der Waals surface area contributed by atoms with Gasteiger partial charge in [0.25, 0.3) is 0 Å². The van der Waals surface area contributed by atoms with Crippen LogP contribution in [0.15, 0.2) is 23.3 Å². The van der Waals surface area contributed by atoms with E-state index in [1.807, 2.05) is 13.8 Å². The van der Waals surface area contributed by atoms with Crippen LogP contribution in [0, 0.1) is 50.2 Å². The Morgan fingerprint density at radius 1 is 0.976 bits per heavy atom. The third-order valence-electron chi connectivity index (χ3n) is 14.3.